The third kappa shape index (κ3) is 5.41. The second-order valence-electron chi connectivity index (χ2n) is 9.29. The molecule has 8 nitrogen and oxygen atoms in total. The number of nitrogens with zero attached hydrogens (tertiary/aromatic N) is 3. The van der Waals surface area contributed by atoms with E-state index >= 15 is 0 Å². The molecule has 1 aromatic carbocycles. The van der Waals surface area contributed by atoms with E-state index < -0.39 is 40.7 Å². The van der Waals surface area contributed by atoms with E-state index in [0.717, 1.165) is 34.8 Å². The molecule has 1 aliphatic rings. The van der Waals surface area contributed by atoms with Gasteiger partial charge in [0.05, 0.1) is 23.5 Å². The highest BCUT2D eigenvalue weighted by molar-refractivity contribution is 6.03. The lowest BCUT2D eigenvalue weighted by molar-refractivity contribution is 0.0859. The van der Waals surface area contributed by atoms with Crippen LogP contribution in [0.15, 0.2) is 42.7 Å². The van der Waals surface area contributed by atoms with Gasteiger partial charge in [0.1, 0.15) is 28.8 Å². The summed E-state index contributed by atoms with van der Waals surface area (Å²) in [6, 6.07) is 5.63. The molecule has 11 heteroatoms. The van der Waals surface area contributed by atoms with Gasteiger partial charge in [-0.25, -0.2) is 33.8 Å². The van der Waals surface area contributed by atoms with Gasteiger partial charge in [-0.3, -0.25) is 9.78 Å². The maximum absolute atomic E-state index is 14.5. The molecule has 1 aliphatic carbocycles. The van der Waals surface area contributed by atoms with Crippen LogP contribution in [0.1, 0.15) is 53.7 Å². The first-order valence-electron chi connectivity index (χ1n) is 11.7. The molecular weight excluding hydrogens is 487 g/mol. The summed E-state index contributed by atoms with van der Waals surface area (Å²) in [6.07, 6.45) is 3.67. The van der Waals surface area contributed by atoms with Crippen molar-refractivity contribution >= 4 is 17.7 Å². The molecule has 3 aromatic rings. The van der Waals surface area contributed by atoms with E-state index in [9.17, 15) is 27.9 Å². The second-order valence-corrected chi connectivity index (χ2v) is 9.29. The molecule has 1 fully saturated rings. The van der Waals surface area contributed by atoms with E-state index in [1.807, 2.05) is 6.92 Å². The van der Waals surface area contributed by atoms with Crippen LogP contribution in [-0.4, -0.2) is 38.1 Å². The highest BCUT2D eigenvalue weighted by atomic mass is 19.1. The topological polar surface area (TPSA) is 121 Å². The Labute approximate surface area is 211 Å². The van der Waals surface area contributed by atoms with Crippen LogP contribution < -0.4 is 11.2 Å². The summed E-state index contributed by atoms with van der Waals surface area (Å²) >= 11 is 0. The predicted molar refractivity (Wildman–Crippen MR) is 130 cm³/mol. The first kappa shape index (κ1) is 26.1. The van der Waals surface area contributed by atoms with Crippen molar-refractivity contribution in [2.24, 2.45) is 11.8 Å². The number of benzene rings is 1. The SMILES string of the molecule is Cc1cc(F)c(-c2nc(C(=O)Nc3cnccc3[C@@H]3CCC(N(N)C(=O)O)[C@@H](C)C3)ccc2F)c(F)c1. The van der Waals surface area contributed by atoms with Crippen LogP contribution in [0.25, 0.3) is 11.3 Å². The lowest BCUT2D eigenvalue weighted by Crippen LogP contribution is -2.49. The minimum atomic E-state index is -1.19. The highest BCUT2D eigenvalue weighted by Crippen LogP contribution is 2.40. The van der Waals surface area contributed by atoms with Gasteiger partial charge in [-0.1, -0.05) is 6.92 Å². The van der Waals surface area contributed by atoms with Crippen LogP contribution >= 0.6 is 0 Å². The molecule has 1 unspecified atom stereocenters. The molecular formula is C26H26F3N5O3. The number of anilines is 1. The summed E-state index contributed by atoms with van der Waals surface area (Å²) in [5.41, 5.74) is 0.0363. The van der Waals surface area contributed by atoms with Gasteiger partial charge in [0, 0.05) is 6.20 Å². The molecule has 194 valence electrons. The maximum Gasteiger partial charge on any atom is 0.421 e. The smallest absolute Gasteiger partial charge is 0.421 e. The number of halogens is 3. The highest BCUT2D eigenvalue weighted by Gasteiger charge is 2.34. The average Bonchev–Trinajstić information content (AvgIpc) is 2.84. The summed E-state index contributed by atoms with van der Waals surface area (Å²) in [4.78, 5) is 32.3. The molecule has 2 aromatic heterocycles. The number of carbonyl (C=O) groups excluding carboxylic acids is 1. The molecule has 2 heterocycles. The predicted octanol–water partition coefficient (Wildman–Crippen LogP) is 5.25. The largest absolute Gasteiger partial charge is 0.464 e. The number of hydrazine groups is 1. The number of hydrogen-bond donors (Lipinski definition) is 3. The molecule has 0 radical (unpaired) electrons. The van der Waals surface area contributed by atoms with Crippen molar-refractivity contribution < 1.29 is 27.9 Å². The monoisotopic (exact) mass is 513 g/mol. The van der Waals surface area contributed by atoms with Crippen molar-refractivity contribution in [1.29, 1.82) is 0 Å². The third-order valence-electron chi connectivity index (χ3n) is 6.75. The van der Waals surface area contributed by atoms with Gasteiger partial charge in [-0.15, -0.1) is 0 Å². The molecule has 4 N–H and O–H groups in total. The quantitative estimate of drug-likeness (QED) is 0.244. The summed E-state index contributed by atoms with van der Waals surface area (Å²) in [5.74, 6) is 2.02. The van der Waals surface area contributed by atoms with Crippen molar-refractivity contribution in [2.75, 3.05) is 5.32 Å². The van der Waals surface area contributed by atoms with E-state index in [-0.39, 0.29) is 23.6 Å². The van der Waals surface area contributed by atoms with E-state index in [1.54, 1.807) is 12.3 Å². The van der Waals surface area contributed by atoms with Gasteiger partial charge in [-0.05, 0) is 79.5 Å². The number of rotatable bonds is 5. The zero-order chi connectivity index (χ0) is 26.9. The molecule has 37 heavy (non-hydrogen) atoms. The van der Waals surface area contributed by atoms with Crippen molar-refractivity contribution in [2.45, 2.75) is 45.1 Å². The zero-order valence-corrected chi connectivity index (χ0v) is 20.2. The lowest BCUT2D eigenvalue weighted by atomic mass is 9.75. The van der Waals surface area contributed by atoms with Gasteiger partial charge in [0.15, 0.2) is 0 Å². The first-order valence-corrected chi connectivity index (χ1v) is 11.7. The minimum Gasteiger partial charge on any atom is -0.464 e. The van der Waals surface area contributed by atoms with Crippen molar-refractivity contribution in [1.82, 2.24) is 15.0 Å². The molecule has 2 amide bonds. The van der Waals surface area contributed by atoms with Crippen LogP contribution in [0.3, 0.4) is 0 Å². The van der Waals surface area contributed by atoms with Crippen LogP contribution in [0.5, 0.6) is 0 Å². The molecule has 0 bridgehead atoms. The molecule has 0 aliphatic heterocycles. The van der Waals surface area contributed by atoms with Gasteiger partial charge in [0.2, 0.25) is 0 Å². The van der Waals surface area contributed by atoms with E-state index in [2.05, 4.69) is 15.3 Å². The molecule has 1 saturated carbocycles. The first-order chi connectivity index (χ1) is 17.6. The number of aromatic nitrogens is 2. The van der Waals surface area contributed by atoms with Crippen molar-refractivity contribution in [3.05, 3.63) is 77.0 Å². The van der Waals surface area contributed by atoms with Gasteiger partial charge >= 0.3 is 6.09 Å². The minimum absolute atomic E-state index is 0.000710. The van der Waals surface area contributed by atoms with E-state index in [0.29, 0.717) is 30.5 Å². The van der Waals surface area contributed by atoms with Crippen molar-refractivity contribution in [3.8, 4) is 11.3 Å². The van der Waals surface area contributed by atoms with Gasteiger partial charge in [0.25, 0.3) is 5.91 Å². The summed E-state index contributed by atoms with van der Waals surface area (Å²) in [6.45, 7) is 3.42. The third-order valence-corrected chi connectivity index (χ3v) is 6.75. The fourth-order valence-electron chi connectivity index (χ4n) is 4.94. The molecule has 0 saturated heterocycles. The molecule has 3 atom stereocenters. The Morgan fingerprint density at radius 1 is 1.11 bits per heavy atom. The van der Waals surface area contributed by atoms with Crippen LogP contribution in [-0.2, 0) is 0 Å². The Kier molecular flexibility index (Phi) is 7.44. The molecule has 0 spiro atoms. The normalized spacial score (nSPS) is 19.4. The number of nitrogens with one attached hydrogen (secondary N) is 1. The van der Waals surface area contributed by atoms with Gasteiger partial charge < -0.3 is 10.4 Å². The van der Waals surface area contributed by atoms with E-state index in [1.165, 1.54) is 13.1 Å². The summed E-state index contributed by atoms with van der Waals surface area (Å²) in [7, 11) is 0. The molecule has 4 rings (SSSR count). The maximum atomic E-state index is 14.5. The number of hydrogen-bond acceptors (Lipinski definition) is 5. The van der Waals surface area contributed by atoms with Gasteiger partial charge in [-0.2, -0.15) is 0 Å². The summed E-state index contributed by atoms with van der Waals surface area (Å²) < 4.78 is 43.4. The standard InChI is InChI=1S/C26H26F3N5O3/c1-13-9-18(28)23(19(29)10-13)24-17(27)4-5-20(32-24)25(35)33-21-12-31-8-7-16(21)15-3-6-22(14(2)11-15)34(30)26(36)37/h4-5,7-10,12,14-15,22H,3,6,11,30H2,1-2H3,(H,33,35)(H,36,37)/t14-,15+,22?/m0/s1. The number of nitrogens with two attached hydrogens (primary N) is 1. The van der Waals surface area contributed by atoms with Crippen LogP contribution in [0.2, 0.25) is 0 Å². The van der Waals surface area contributed by atoms with Crippen molar-refractivity contribution in [3.63, 3.8) is 0 Å². The number of pyridine rings is 2. The Bertz CT molecular complexity index is 1330. The number of carbonyl (C=O) groups is 2. The van der Waals surface area contributed by atoms with E-state index in [4.69, 9.17) is 5.84 Å². The number of carboxylic acid groups (broad SMARTS) is 1. The number of aryl methyl sites for hydroxylation is 1. The van der Waals surface area contributed by atoms with Crippen LogP contribution in [0, 0.1) is 30.3 Å². The fourth-order valence-corrected chi connectivity index (χ4v) is 4.94. The Hall–Kier alpha value is -3.99. The fraction of sp³-hybridized carbons (Fsp3) is 0.308. The second kappa shape index (κ2) is 10.6. The zero-order valence-electron chi connectivity index (χ0n) is 20.2. The average molecular weight is 514 g/mol. The Morgan fingerprint density at radius 3 is 2.46 bits per heavy atom. The number of amides is 2. The summed E-state index contributed by atoms with van der Waals surface area (Å²) in [5, 5.41) is 12.8. The lowest BCUT2D eigenvalue weighted by Gasteiger charge is -2.38. The Morgan fingerprint density at radius 2 is 1.81 bits per heavy atom. The van der Waals surface area contributed by atoms with Crippen LogP contribution in [0.4, 0.5) is 23.7 Å². The Balaban J connectivity index is 1.58.